The van der Waals surface area contributed by atoms with Crippen molar-refractivity contribution < 1.29 is 4.79 Å². The van der Waals surface area contributed by atoms with Crippen LogP contribution in [0, 0.1) is 0 Å². The summed E-state index contributed by atoms with van der Waals surface area (Å²) in [4.78, 5) is 11.6. The quantitative estimate of drug-likeness (QED) is 0.457. The Labute approximate surface area is 118 Å². The molecule has 1 fully saturated rings. The van der Waals surface area contributed by atoms with Crippen LogP contribution >= 0.6 is 0 Å². The van der Waals surface area contributed by atoms with Crippen LogP contribution in [0.5, 0.6) is 0 Å². The number of hydrazone groups is 1. The Bertz CT molecular complexity index is 266. The minimum Gasteiger partial charge on any atom is -0.273 e. The van der Waals surface area contributed by atoms with Gasteiger partial charge in [-0.05, 0) is 32.1 Å². The summed E-state index contributed by atoms with van der Waals surface area (Å²) in [6.45, 7) is 2.24. The fourth-order valence-electron chi connectivity index (χ4n) is 2.51. The van der Waals surface area contributed by atoms with Crippen molar-refractivity contribution in [1.82, 2.24) is 5.43 Å². The van der Waals surface area contributed by atoms with Crippen molar-refractivity contribution in [2.45, 2.75) is 90.4 Å². The zero-order valence-corrected chi connectivity index (χ0v) is 12.5. The van der Waals surface area contributed by atoms with Gasteiger partial charge in [-0.2, -0.15) is 5.10 Å². The molecule has 0 aromatic heterocycles. The number of rotatable bonds is 10. The van der Waals surface area contributed by atoms with E-state index in [-0.39, 0.29) is 5.91 Å². The Hall–Kier alpha value is -0.860. The van der Waals surface area contributed by atoms with Crippen LogP contribution in [0.3, 0.4) is 0 Å². The van der Waals surface area contributed by atoms with E-state index in [4.69, 9.17) is 0 Å². The summed E-state index contributed by atoms with van der Waals surface area (Å²) < 4.78 is 0. The lowest BCUT2D eigenvalue weighted by Gasteiger charge is -2.02. The van der Waals surface area contributed by atoms with Crippen LogP contribution in [-0.2, 0) is 4.79 Å². The number of hydrogen-bond acceptors (Lipinski definition) is 2. The largest absolute Gasteiger partial charge is 0.273 e. The zero-order valence-electron chi connectivity index (χ0n) is 12.5. The first-order valence-electron chi connectivity index (χ1n) is 8.17. The van der Waals surface area contributed by atoms with Gasteiger partial charge in [0.1, 0.15) is 0 Å². The Kier molecular flexibility index (Phi) is 9.38. The third kappa shape index (κ3) is 8.79. The number of hydrogen-bond donors (Lipinski definition) is 1. The monoisotopic (exact) mass is 266 g/mol. The summed E-state index contributed by atoms with van der Waals surface area (Å²) in [7, 11) is 0. The molecule has 1 aliphatic rings. The van der Waals surface area contributed by atoms with E-state index in [0.29, 0.717) is 6.42 Å². The highest BCUT2D eigenvalue weighted by Gasteiger charge is 2.08. The maximum Gasteiger partial charge on any atom is 0.240 e. The molecule has 0 aliphatic heterocycles. The van der Waals surface area contributed by atoms with Crippen molar-refractivity contribution in [3.8, 4) is 0 Å². The fraction of sp³-hybridized carbons (Fsp3) is 0.875. The number of carbonyl (C=O) groups excluding carboxylic acids is 1. The first-order valence-corrected chi connectivity index (χ1v) is 8.17. The van der Waals surface area contributed by atoms with Crippen molar-refractivity contribution in [1.29, 1.82) is 0 Å². The number of nitrogens with one attached hydrogen (secondary N) is 1. The molecule has 3 nitrogen and oxygen atoms in total. The highest BCUT2D eigenvalue weighted by atomic mass is 16.2. The Morgan fingerprint density at radius 3 is 2.21 bits per heavy atom. The van der Waals surface area contributed by atoms with Crippen LogP contribution in [0.25, 0.3) is 0 Å². The molecule has 19 heavy (non-hydrogen) atoms. The predicted octanol–water partition coefficient (Wildman–Crippen LogP) is 4.56. The molecule has 0 unspecified atom stereocenters. The molecule has 1 N–H and O–H groups in total. The number of carbonyl (C=O) groups is 1. The summed E-state index contributed by atoms with van der Waals surface area (Å²) in [6.07, 6.45) is 15.4. The number of unbranched alkanes of at least 4 members (excludes halogenated alkanes) is 7. The summed E-state index contributed by atoms with van der Waals surface area (Å²) in [6, 6.07) is 0. The highest BCUT2D eigenvalue weighted by Crippen LogP contribution is 2.14. The van der Waals surface area contributed by atoms with Crippen LogP contribution in [-0.4, -0.2) is 11.6 Å². The molecule has 0 spiro atoms. The molecule has 0 radical (unpaired) electrons. The molecule has 3 heteroatoms. The summed E-state index contributed by atoms with van der Waals surface area (Å²) in [5.41, 5.74) is 3.86. The molecule has 1 saturated carbocycles. The fourth-order valence-corrected chi connectivity index (χ4v) is 2.51. The first-order chi connectivity index (χ1) is 9.33. The van der Waals surface area contributed by atoms with E-state index < -0.39 is 0 Å². The minimum absolute atomic E-state index is 0.0883. The van der Waals surface area contributed by atoms with Gasteiger partial charge in [0.15, 0.2) is 0 Å². The lowest BCUT2D eigenvalue weighted by molar-refractivity contribution is -0.121. The molecule has 1 amide bonds. The molecule has 0 aromatic rings. The maximum atomic E-state index is 11.6. The third-order valence-electron chi connectivity index (χ3n) is 3.78. The Morgan fingerprint density at radius 2 is 1.58 bits per heavy atom. The van der Waals surface area contributed by atoms with Crippen LogP contribution in [0.4, 0.5) is 0 Å². The number of nitrogens with zero attached hydrogens (tertiary/aromatic N) is 1. The maximum absolute atomic E-state index is 11.6. The van der Waals surface area contributed by atoms with Gasteiger partial charge in [-0.3, -0.25) is 4.79 Å². The minimum atomic E-state index is 0.0883. The second kappa shape index (κ2) is 11.0. The van der Waals surface area contributed by atoms with E-state index in [2.05, 4.69) is 17.5 Å². The van der Waals surface area contributed by atoms with E-state index in [0.717, 1.165) is 19.3 Å². The smallest absolute Gasteiger partial charge is 0.240 e. The molecule has 0 bridgehead atoms. The normalized spacial score (nSPS) is 14.7. The van der Waals surface area contributed by atoms with E-state index in [1.54, 1.807) is 0 Å². The molecule has 0 atom stereocenters. The van der Waals surface area contributed by atoms with Gasteiger partial charge in [0.05, 0.1) is 0 Å². The third-order valence-corrected chi connectivity index (χ3v) is 3.78. The summed E-state index contributed by atoms with van der Waals surface area (Å²) in [5, 5.41) is 4.19. The second-order valence-electron chi connectivity index (χ2n) is 5.64. The van der Waals surface area contributed by atoms with E-state index in [9.17, 15) is 4.79 Å². The van der Waals surface area contributed by atoms with Gasteiger partial charge in [-0.25, -0.2) is 5.43 Å². The Balaban J connectivity index is 1.88. The molecule has 1 rings (SSSR count). The lowest BCUT2D eigenvalue weighted by Crippen LogP contribution is -2.18. The van der Waals surface area contributed by atoms with E-state index in [1.165, 1.54) is 63.5 Å². The molecular formula is C16H30N2O. The van der Waals surface area contributed by atoms with Crippen LogP contribution in [0.1, 0.15) is 90.4 Å². The van der Waals surface area contributed by atoms with Gasteiger partial charge in [-0.1, -0.05) is 51.9 Å². The lowest BCUT2D eigenvalue weighted by atomic mass is 10.1. The van der Waals surface area contributed by atoms with Gasteiger partial charge >= 0.3 is 0 Å². The van der Waals surface area contributed by atoms with Crippen LogP contribution in [0.15, 0.2) is 5.10 Å². The van der Waals surface area contributed by atoms with E-state index >= 15 is 0 Å². The average Bonchev–Trinajstić information content (AvgIpc) is 2.93. The van der Waals surface area contributed by atoms with Crippen molar-refractivity contribution in [2.24, 2.45) is 5.10 Å². The first kappa shape index (κ1) is 16.2. The van der Waals surface area contributed by atoms with E-state index in [1.807, 2.05) is 0 Å². The second-order valence-corrected chi connectivity index (χ2v) is 5.64. The van der Waals surface area contributed by atoms with Gasteiger partial charge in [-0.15, -0.1) is 0 Å². The van der Waals surface area contributed by atoms with Crippen molar-refractivity contribution in [2.75, 3.05) is 0 Å². The van der Waals surface area contributed by atoms with Gasteiger partial charge < -0.3 is 0 Å². The van der Waals surface area contributed by atoms with Crippen molar-refractivity contribution >= 4 is 11.6 Å². The van der Waals surface area contributed by atoms with Crippen molar-refractivity contribution in [3.05, 3.63) is 0 Å². The molecule has 0 heterocycles. The van der Waals surface area contributed by atoms with Crippen molar-refractivity contribution in [3.63, 3.8) is 0 Å². The predicted molar refractivity (Wildman–Crippen MR) is 81.3 cm³/mol. The highest BCUT2D eigenvalue weighted by molar-refractivity contribution is 5.87. The standard InChI is InChI=1S/C16H30N2O/c1-2-3-4-5-6-7-8-9-14-16(19)18-17-15-12-10-11-13-15/h2-14H2,1H3,(H,18,19). The van der Waals surface area contributed by atoms with Crippen LogP contribution < -0.4 is 5.43 Å². The topological polar surface area (TPSA) is 41.5 Å². The zero-order chi connectivity index (χ0) is 13.8. The summed E-state index contributed by atoms with van der Waals surface area (Å²) >= 11 is 0. The molecule has 1 aliphatic carbocycles. The SMILES string of the molecule is CCCCCCCCCCC(=O)NN=C1CCCC1. The molecule has 0 aromatic carbocycles. The molecule has 0 saturated heterocycles. The Morgan fingerprint density at radius 1 is 1.00 bits per heavy atom. The van der Waals surface area contributed by atoms with Crippen LogP contribution in [0.2, 0.25) is 0 Å². The van der Waals surface area contributed by atoms with Gasteiger partial charge in [0.2, 0.25) is 5.91 Å². The average molecular weight is 266 g/mol. The van der Waals surface area contributed by atoms with Gasteiger partial charge in [0.25, 0.3) is 0 Å². The molecular weight excluding hydrogens is 236 g/mol. The number of amides is 1. The summed E-state index contributed by atoms with van der Waals surface area (Å²) in [5.74, 6) is 0.0883. The van der Waals surface area contributed by atoms with Gasteiger partial charge in [0, 0.05) is 12.1 Å². The molecule has 110 valence electrons.